The summed E-state index contributed by atoms with van der Waals surface area (Å²) in [5.74, 6) is 1.50. The molecule has 2 atom stereocenters. The molecule has 0 aliphatic carbocycles. The predicted molar refractivity (Wildman–Crippen MR) is 59.2 cm³/mol. The van der Waals surface area contributed by atoms with Crippen molar-refractivity contribution in [1.82, 2.24) is 15.1 Å². The molecule has 0 saturated carbocycles. The standard InChI is InChI=1S/C11H19N3O/c1-8-6-9(4-5-12-8)11-10(15-3)7-13-14(11)2/h7-9,12H,4-6H2,1-3H3. The van der Waals surface area contributed by atoms with Crippen molar-refractivity contribution < 1.29 is 4.74 Å². The van der Waals surface area contributed by atoms with Crippen LogP contribution in [0.2, 0.25) is 0 Å². The Bertz CT molecular complexity index is 335. The van der Waals surface area contributed by atoms with Crippen LogP contribution in [0.3, 0.4) is 0 Å². The first-order valence-electron chi connectivity index (χ1n) is 5.51. The van der Waals surface area contributed by atoms with Crippen LogP contribution in [0, 0.1) is 0 Å². The lowest BCUT2D eigenvalue weighted by molar-refractivity contribution is 0.350. The van der Waals surface area contributed by atoms with Gasteiger partial charge in [0.15, 0.2) is 5.75 Å². The molecule has 1 N–H and O–H groups in total. The SMILES string of the molecule is COc1cnn(C)c1C1CCNC(C)C1. The van der Waals surface area contributed by atoms with Crippen LogP contribution in [0.25, 0.3) is 0 Å². The molecule has 2 heterocycles. The Morgan fingerprint density at radius 3 is 3.07 bits per heavy atom. The van der Waals surface area contributed by atoms with Crippen molar-refractivity contribution in [2.24, 2.45) is 7.05 Å². The molecule has 84 valence electrons. The smallest absolute Gasteiger partial charge is 0.160 e. The fraction of sp³-hybridized carbons (Fsp3) is 0.727. The molecule has 1 aliphatic rings. The summed E-state index contributed by atoms with van der Waals surface area (Å²) < 4.78 is 7.30. The zero-order chi connectivity index (χ0) is 10.8. The Kier molecular flexibility index (Phi) is 2.95. The molecular weight excluding hydrogens is 190 g/mol. The number of hydrogen-bond acceptors (Lipinski definition) is 3. The van der Waals surface area contributed by atoms with Gasteiger partial charge in [-0.1, -0.05) is 0 Å². The van der Waals surface area contributed by atoms with Gasteiger partial charge in [0.05, 0.1) is 19.0 Å². The van der Waals surface area contributed by atoms with Crippen LogP contribution in [0.5, 0.6) is 5.75 Å². The zero-order valence-electron chi connectivity index (χ0n) is 9.66. The van der Waals surface area contributed by atoms with E-state index in [1.54, 1.807) is 7.11 Å². The van der Waals surface area contributed by atoms with Crippen LogP contribution >= 0.6 is 0 Å². The number of piperidine rings is 1. The first-order chi connectivity index (χ1) is 7.22. The molecule has 2 rings (SSSR count). The minimum absolute atomic E-state index is 0.573. The van der Waals surface area contributed by atoms with E-state index in [1.807, 2.05) is 17.9 Å². The third kappa shape index (κ3) is 2.00. The van der Waals surface area contributed by atoms with Gasteiger partial charge in [0.25, 0.3) is 0 Å². The number of methoxy groups -OCH3 is 1. The quantitative estimate of drug-likeness (QED) is 0.797. The Morgan fingerprint density at radius 2 is 2.40 bits per heavy atom. The molecule has 2 unspecified atom stereocenters. The molecule has 15 heavy (non-hydrogen) atoms. The number of aromatic nitrogens is 2. The number of rotatable bonds is 2. The summed E-state index contributed by atoms with van der Waals surface area (Å²) in [6, 6.07) is 0.586. The molecule has 0 amide bonds. The summed E-state index contributed by atoms with van der Waals surface area (Å²) in [5, 5.41) is 7.72. The fourth-order valence-electron chi connectivity index (χ4n) is 2.43. The van der Waals surface area contributed by atoms with E-state index in [9.17, 15) is 0 Å². The average molecular weight is 209 g/mol. The van der Waals surface area contributed by atoms with Crippen molar-refractivity contribution in [3.63, 3.8) is 0 Å². The Balaban J connectivity index is 2.23. The van der Waals surface area contributed by atoms with Gasteiger partial charge in [0, 0.05) is 19.0 Å². The highest BCUT2D eigenvalue weighted by Crippen LogP contribution is 2.33. The van der Waals surface area contributed by atoms with Gasteiger partial charge >= 0.3 is 0 Å². The number of nitrogens with zero attached hydrogens (tertiary/aromatic N) is 2. The second kappa shape index (κ2) is 4.23. The maximum absolute atomic E-state index is 5.35. The van der Waals surface area contributed by atoms with Crippen molar-refractivity contribution in [3.05, 3.63) is 11.9 Å². The Labute approximate surface area is 90.6 Å². The minimum Gasteiger partial charge on any atom is -0.493 e. The van der Waals surface area contributed by atoms with Crippen LogP contribution < -0.4 is 10.1 Å². The largest absolute Gasteiger partial charge is 0.493 e. The van der Waals surface area contributed by atoms with Crippen molar-refractivity contribution >= 4 is 0 Å². The highest BCUT2D eigenvalue weighted by atomic mass is 16.5. The monoisotopic (exact) mass is 209 g/mol. The topological polar surface area (TPSA) is 39.1 Å². The van der Waals surface area contributed by atoms with Gasteiger partial charge in [-0.15, -0.1) is 0 Å². The molecule has 4 nitrogen and oxygen atoms in total. The second-order valence-corrected chi connectivity index (χ2v) is 4.30. The van der Waals surface area contributed by atoms with Gasteiger partial charge in [-0.2, -0.15) is 5.10 Å². The van der Waals surface area contributed by atoms with E-state index in [2.05, 4.69) is 17.3 Å². The summed E-state index contributed by atoms with van der Waals surface area (Å²) in [7, 11) is 3.70. The molecule has 4 heteroatoms. The van der Waals surface area contributed by atoms with E-state index in [1.165, 1.54) is 12.1 Å². The van der Waals surface area contributed by atoms with Gasteiger partial charge in [-0.25, -0.2) is 0 Å². The van der Waals surface area contributed by atoms with Gasteiger partial charge in [0.1, 0.15) is 0 Å². The molecule has 1 aromatic heterocycles. The van der Waals surface area contributed by atoms with Crippen LogP contribution in [0.1, 0.15) is 31.4 Å². The molecule has 1 aromatic rings. The summed E-state index contributed by atoms with van der Waals surface area (Å²) in [4.78, 5) is 0. The maximum Gasteiger partial charge on any atom is 0.160 e. The molecule has 1 aliphatic heterocycles. The van der Waals surface area contributed by atoms with E-state index >= 15 is 0 Å². The summed E-state index contributed by atoms with van der Waals surface area (Å²) >= 11 is 0. The first kappa shape index (κ1) is 10.5. The number of hydrogen-bond donors (Lipinski definition) is 1. The number of aryl methyl sites for hydroxylation is 1. The molecule has 0 spiro atoms. The highest BCUT2D eigenvalue weighted by Gasteiger charge is 2.25. The van der Waals surface area contributed by atoms with Crippen molar-refractivity contribution in [2.45, 2.75) is 31.7 Å². The van der Waals surface area contributed by atoms with E-state index in [0.29, 0.717) is 12.0 Å². The molecule has 1 saturated heterocycles. The highest BCUT2D eigenvalue weighted by molar-refractivity contribution is 5.29. The van der Waals surface area contributed by atoms with Gasteiger partial charge < -0.3 is 10.1 Å². The van der Waals surface area contributed by atoms with Crippen molar-refractivity contribution in [2.75, 3.05) is 13.7 Å². The minimum atomic E-state index is 0.573. The molecular formula is C11H19N3O. The molecule has 0 bridgehead atoms. The fourth-order valence-corrected chi connectivity index (χ4v) is 2.43. The van der Waals surface area contributed by atoms with Gasteiger partial charge in [-0.05, 0) is 26.3 Å². The summed E-state index contributed by atoms with van der Waals surface area (Å²) in [5.41, 5.74) is 1.24. The van der Waals surface area contributed by atoms with Crippen LogP contribution in [0.4, 0.5) is 0 Å². The van der Waals surface area contributed by atoms with Crippen LogP contribution in [0.15, 0.2) is 6.20 Å². The van der Waals surface area contributed by atoms with Crippen LogP contribution in [-0.4, -0.2) is 29.5 Å². The molecule has 1 fully saturated rings. The van der Waals surface area contributed by atoms with Crippen molar-refractivity contribution in [3.8, 4) is 5.75 Å². The normalized spacial score (nSPS) is 26.6. The first-order valence-corrected chi connectivity index (χ1v) is 5.51. The summed E-state index contributed by atoms with van der Waals surface area (Å²) in [6.07, 6.45) is 4.14. The lowest BCUT2D eigenvalue weighted by Gasteiger charge is -2.28. The molecule has 0 radical (unpaired) electrons. The van der Waals surface area contributed by atoms with E-state index in [-0.39, 0.29) is 0 Å². The van der Waals surface area contributed by atoms with Gasteiger partial charge in [0.2, 0.25) is 0 Å². The Hall–Kier alpha value is -1.03. The number of ether oxygens (including phenoxy) is 1. The second-order valence-electron chi connectivity index (χ2n) is 4.30. The van der Waals surface area contributed by atoms with E-state index < -0.39 is 0 Å². The molecule has 0 aromatic carbocycles. The third-order valence-electron chi connectivity index (χ3n) is 3.18. The lowest BCUT2D eigenvalue weighted by atomic mass is 9.90. The third-order valence-corrected chi connectivity index (χ3v) is 3.18. The number of nitrogens with one attached hydrogen (secondary N) is 1. The van der Waals surface area contributed by atoms with E-state index in [0.717, 1.165) is 18.7 Å². The average Bonchev–Trinajstić information content (AvgIpc) is 2.59. The lowest BCUT2D eigenvalue weighted by Crippen LogP contribution is -2.35. The Morgan fingerprint density at radius 1 is 1.60 bits per heavy atom. The van der Waals surface area contributed by atoms with Crippen LogP contribution in [-0.2, 0) is 7.05 Å². The van der Waals surface area contributed by atoms with Gasteiger partial charge in [-0.3, -0.25) is 4.68 Å². The maximum atomic E-state index is 5.35. The summed E-state index contributed by atoms with van der Waals surface area (Å²) in [6.45, 7) is 3.31. The van der Waals surface area contributed by atoms with E-state index in [4.69, 9.17) is 4.74 Å². The van der Waals surface area contributed by atoms with Crippen molar-refractivity contribution in [1.29, 1.82) is 0 Å². The predicted octanol–water partition coefficient (Wildman–Crippen LogP) is 1.28. The zero-order valence-corrected chi connectivity index (χ0v) is 9.66.